The largest absolute Gasteiger partial charge is 0.269 e. The lowest BCUT2D eigenvalue weighted by Crippen LogP contribution is -1.74. The van der Waals surface area contributed by atoms with Crippen LogP contribution in [-0.2, 0) is 0 Å². The molecule has 46 valence electrons. The summed E-state index contributed by atoms with van der Waals surface area (Å²) in [5.74, 6) is 1.49. The van der Waals surface area contributed by atoms with Crippen LogP contribution in [0.1, 0.15) is 12.8 Å². The van der Waals surface area contributed by atoms with Crippen LogP contribution in [0.5, 0.6) is 0 Å². The molecule has 0 saturated heterocycles. The van der Waals surface area contributed by atoms with Gasteiger partial charge in [0.2, 0.25) is 0 Å². The first-order valence-corrected chi connectivity index (χ1v) is 3.10. The van der Waals surface area contributed by atoms with Gasteiger partial charge in [0.1, 0.15) is 0 Å². The van der Waals surface area contributed by atoms with Gasteiger partial charge in [-0.3, -0.25) is 4.70 Å². The summed E-state index contributed by atoms with van der Waals surface area (Å²) in [7, 11) is 0. The van der Waals surface area contributed by atoms with Crippen molar-refractivity contribution in [1.29, 1.82) is 0 Å². The van der Waals surface area contributed by atoms with Gasteiger partial charge in [-0.25, -0.2) is 0 Å². The van der Waals surface area contributed by atoms with Crippen LogP contribution in [0.2, 0.25) is 0 Å². The summed E-state index contributed by atoms with van der Waals surface area (Å²) in [4.78, 5) is 0. The Bertz CT molecular complexity index is 21.7. The highest BCUT2D eigenvalue weighted by Gasteiger charge is 1.78. The molecule has 0 aliphatic carbocycles. The maximum atomic E-state index is 5.32. The zero-order chi connectivity index (χ0) is 4.83. The van der Waals surface area contributed by atoms with Crippen molar-refractivity contribution < 1.29 is 4.70 Å². The van der Waals surface area contributed by atoms with E-state index < -0.39 is 0 Å². The first-order chi connectivity index (χ1) is 2.91. The van der Waals surface area contributed by atoms with Crippen molar-refractivity contribution in [3.63, 3.8) is 0 Å². The smallest absolute Gasteiger partial charge is 0.0223 e. The normalized spacial score (nSPS) is 7.71. The maximum absolute atomic E-state index is 5.32. The molecule has 0 spiro atoms. The van der Waals surface area contributed by atoms with E-state index >= 15 is 0 Å². The molecule has 0 aromatic rings. The monoisotopic (exact) mass is 146 g/mol. The maximum Gasteiger partial charge on any atom is 0.0223 e. The Hall–Kier alpha value is 0.510. The highest BCUT2D eigenvalue weighted by Crippen LogP contribution is 1.92. The molecule has 0 aromatic heterocycles. The average Bonchev–Trinajstić information content (AvgIpc) is 1.61. The van der Waals surface area contributed by atoms with Crippen LogP contribution in [0.15, 0.2) is 0 Å². The summed E-state index contributed by atoms with van der Waals surface area (Å²) in [5, 5.41) is 0. The number of hydrogen-bond acceptors (Lipinski definition) is 0. The summed E-state index contributed by atoms with van der Waals surface area (Å²) in [6, 6.07) is 0. The summed E-state index contributed by atoms with van der Waals surface area (Å²) in [5.41, 5.74) is 0. The fraction of sp³-hybridized carbons (Fsp3) is 1.00. The Morgan fingerprint density at radius 1 is 0.857 bits per heavy atom. The van der Waals surface area contributed by atoms with E-state index in [9.17, 15) is 0 Å². The van der Waals surface area contributed by atoms with Crippen molar-refractivity contribution in [1.82, 2.24) is 0 Å². The Morgan fingerprint density at radius 2 is 1.14 bits per heavy atom. The molecule has 0 heterocycles. The van der Waals surface area contributed by atoms with Crippen molar-refractivity contribution >= 4 is 23.2 Å². The van der Waals surface area contributed by atoms with Gasteiger partial charge in [0.15, 0.2) is 0 Å². The van der Waals surface area contributed by atoms with Gasteiger partial charge in [0.05, 0.1) is 0 Å². The van der Waals surface area contributed by atoms with Gasteiger partial charge in [0.25, 0.3) is 0 Å². The number of unbranched alkanes of at least 4 members (excludes halogenated alkanes) is 1. The number of hydrogen-bond donors (Lipinski definition) is 0. The fourth-order valence-electron chi connectivity index (χ4n) is 0.189. The van der Waals surface area contributed by atoms with Crippen LogP contribution in [0.4, 0.5) is 4.70 Å². The van der Waals surface area contributed by atoms with Crippen molar-refractivity contribution in [3.8, 4) is 0 Å². The van der Waals surface area contributed by atoms with Gasteiger partial charge in [0, 0.05) is 11.8 Å². The van der Waals surface area contributed by atoms with Crippen LogP contribution >= 0.6 is 23.2 Å². The molecule has 0 rings (SSSR count). The Balaban J connectivity index is 0. The van der Waals surface area contributed by atoms with E-state index in [-0.39, 0.29) is 4.70 Å². The minimum atomic E-state index is 0. The van der Waals surface area contributed by atoms with Crippen LogP contribution < -0.4 is 0 Å². The lowest BCUT2D eigenvalue weighted by molar-refractivity contribution is 0.899. The summed E-state index contributed by atoms with van der Waals surface area (Å²) < 4.78 is 0. The van der Waals surface area contributed by atoms with E-state index in [2.05, 4.69) is 0 Å². The topological polar surface area (TPSA) is 0 Å². The molecule has 7 heavy (non-hydrogen) atoms. The van der Waals surface area contributed by atoms with Gasteiger partial charge in [-0.1, -0.05) is 0 Å². The molecular formula is C4H9Cl2F. The molecule has 0 aromatic carbocycles. The van der Waals surface area contributed by atoms with Gasteiger partial charge in [-0.05, 0) is 12.8 Å². The fourth-order valence-corrected chi connectivity index (χ4v) is 0.567. The van der Waals surface area contributed by atoms with Crippen molar-refractivity contribution in [2.45, 2.75) is 12.8 Å². The molecule has 0 aliphatic rings. The molecule has 0 amide bonds. The molecule has 3 heteroatoms. The van der Waals surface area contributed by atoms with Gasteiger partial charge in [-0.15, -0.1) is 23.2 Å². The lowest BCUT2D eigenvalue weighted by atomic mass is 10.4. The zero-order valence-electron chi connectivity index (χ0n) is 3.99. The SMILES string of the molecule is ClCCCCCl.F. The van der Waals surface area contributed by atoms with Crippen molar-refractivity contribution in [3.05, 3.63) is 0 Å². The van der Waals surface area contributed by atoms with Crippen LogP contribution in [0, 0.1) is 0 Å². The minimum Gasteiger partial charge on any atom is -0.269 e. The predicted octanol–water partition coefficient (Wildman–Crippen LogP) is 2.40. The van der Waals surface area contributed by atoms with E-state index in [0.717, 1.165) is 24.6 Å². The number of alkyl halides is 2. The van der Waals surface area contributed by atoms with E-state index in [1.807, 2.05) is 0 Å². The summed E-state index contributed by atoms with van der Waals surface area (Å²) in [6.07, 6.45) is 2.09. The zero-order valence-corrected chi connectivity index (χ0v) is 5.50. The highest BCUT2D eigenvalue weighted by molar-refractivity contribution is 6.18. The van der Waals surface area contributed by atoms with E-state index in [4.69, 9.17) is 23.2 Å². The molecular weight excluding hydrogens is 138 g/mol. The first kappa shape index (κ1) is 10.5. The molecule has 0 radical (unpaired) electrons. The van der Waals surface area contributed by atoms with E-state index in [0.29, 0.717) is 0 Å². The predicted molar refractivity (Wildman–Crippen MR) is 33.2 cm³/mol. The van der Waals surface area contributed by atoms with Gasteiger partial charge < -0.3 is 0 Å². The van der Waals surface area contributed by atoms with Gasteiger partial charge in [-0.2, -0.15) is 0 Å². The molecule has 0 unspecified atom stereocenters. The van der Waals surface area contributed by atoms with Gasteiger partial charge >= 0.3 is 0 Å². The molecule has 0 saturated carbocycles. The second-order valence-electron chi connectivity index (χ2n) is 1.09. The van der Waals surface area contributed by atoms with Crippen LogP contribution in [0.3, 0.4) is 0 Å². The first-order valence-electron chi connectivity index (χ1n) is 2.03. The average molecular weight is 147 g/mol. The van der Waals surface area contributed by atoms with Crippen molar-refractivity contribution in [2.24, 2.45) is 0 Å². The van der Waals surface area contributed by atoms with Crippen LogP contribution in [0.25, 0.3) is 0 Å². The summed E-state index contributed by atoms with van der Waals surface area (Å²) >= 11 is 10.6. The Labute approximate surface area is 53.2 Å². The number of halogens is 3. The number of rotatable bonds is 3. The molecule has 0 atom stereocenters. The molecule has 0 bridgehead atoms. The Morgan fingerprint density at radius 3 is 1.29 bits per heavy atom. The quantitative estimate of drug-likeness (QED) is 0.424. The third-order valence-electron chi connectivity index (χ3n) is 0.517. The minimum absolute atomic E-state index is 0. The van der Waals surface area contributed by atoms with E-state index in [1.165, 1.54) is 0 Å². The summed E-state index contributed by atoms with van der Waals surface area (Å²) in [6.45, 7) is 0. The van der Waals surface area contributed by atoms with Crippen LogP contribution in [-0.4, -0.2) is 11.8 Å². The molecule has 0 nitrogen and oxygen atoms in total. The third-order valence-corrected chi connectivity index (χ3v) is 1.05. The van der Waals surface area contributed by atoms with Crippen molar-refractivity contribution in [2.75, 3.05) is 11.8 Å². The molecule has 0 aliphatic heterocycles. The molecule has 0 fully saturated rings. The molecule has 0 N–H and O–H groups in total. The Kier molecular flexibility index (Phi) is 14.6. The second-order valence-corrected chi connectivity index (χ2v) is 1.84. The third kappa shape index (κ3) is 10.7. The second kappa shape index (κ2) is 9.72. The standard InChI is InChI=1S/C4H8Cl2.FH/c5-3-1-2-4-6;/h1-4H2;1H. The lowest BCUT2D eigenvalue weighted by Gasteiger charge is -1.83. The van der Waals surface area contributed by atoms with E-state index in [1.54, 1.807) is 0 Å². The highest BCUT2D eigenvalue weighted by atomic mass is 35.5.